The highest BCUT2D eigenvalue weighted by Crippen LogP contribution is 2.03. The Balaban J connectivity index is 1.33. The Bertz CT molecular complexity index is 606. The van der Waals surface area contributed by atoms with Crippen LogP contribution in [0.2, 0.25) is 0 Å². The van der Waals surface area contributed by atoms with Crippen molar-refractivity contribution in [2.75, 3.05) is 39.3 Å². The van der Waals surface area contributed by atoms with E-state index in [0.29, 0.717) is 6.54 Å². The van der Waals surface area contributed by atoms with Gasteiger partial charge < -0.3 is 10.2 Å². The molecule has 1 aliphatic heterocycles. The van der Waals surface area contributed by atoms with Crippen molar-refractivity contribution in [1.29, 1.82) is 0 Å². The number of piperazine rings is 1. The van der Waals surface area contributed by atoms with E-state index in [-0.39, 0.29) is 6.03 Å². The van der Waals surface area contributed by atoms with Crippen LogP contribution in [0.4, 0.5) is 4.79 Å². The second-order valence-corrected chi connectivity index (χ2v) is 6.07. The summed E-state index contributed by atoms with van der Waals surface area (Å²) in [5, 5.41) is 7.24. The lowest BCUT2D eigenvalue weighted by molar-refractivity contribution is 0.136. The predicted molar refractivity (Wildman–Crippen MR) is 93.8 cm³/mol. The summed E-state index contributed by atoms with van der Waals surface area (Å²) in [7, 11) is 0. The third kappa shape index (κ3) is 4.83. The first-order chi connectivity index (χ1) is 11.8. The molecule has 1 aliphatic rings. The molecule has 1 fully saturated rings. The van der Waals surface area contributed by atoms with Crippen LogP contribution in [-0.2, 0) is 13.0 Å². The molecule has 6 nitrogen and oxygen atoms in total. The fourth-order valence-corrected chi connectivity index (χ4v) is 2.92. The number of hydrogen-bond acceptors (Lipinski definition) is 3. The van der Waals surface area contributed by atoms with Crippen molar-refractivity contribution < 1.29 is 4.79 Å². The summed E-state index contributed by atoms with van der Waals surface area (Å²) in [6.45, 7) is 5.98. The van der Waals surface area contributed by atoms with Gasteiger partial charge in [-0.2, -0.15) is 5.10 Å². The average molecular weight is 327 g/mol. The Morgan fingerprint density at radius 2 is 1.83 bits per heavy atom. The van der Waals surface area contributed by atoms with Gasteiger partial charge in [-0.1, -0.05) is 30.3 Å². The van der Waals surface area contributed by atoms with Gasteiger partial charge in [-0.25, -0.2) is 4.79 Å². The molecule has 1 aromatic heterocycles. The maximum Gasteiger partial charge on any atom is 0.317 e. The smallest absolute Gasteiger partial charge is 0.317 e. The molecule has 1 aromatic carbocycles. The van der Waals surface area contributed by atoms with Gasteiger partial charge in [-0.05, 0) is 18.1 Å². The van der Waals surface area contributed by atoms with Crippen molar-refractivity contribution >= 4 is 6.03 Å². The number of nitrogens with zero attached hydrogens (tertiary/aromatic N) is 4. The van der Waals surface area contributed by atoms with Crippen LogP contribution in [0.3, 0.4) is 0 Å². The number of aromatic nitrogens is 2. The highest BCUT2D eigenvalue weighted by Gasteiger charge is 2.20. The largest absolute Gasteiger partial charge is 0.338 e. The van der Waals surface area contributed by atoms with Crippen molar-refractivity contribution in [2.24, 2.45) is 0 Å². The first-order valence-corrected chi connectivity index (χ1v) is 8.58. The molecule has 0 unspecified atom stereocenters. The summed E-state index contributed by atoms with van der Waals surface area (Å²) in [4.78, 5) is 16.5. The molecule has 24 heavy (non-hydrogen) atoms. The van der Waals surface area contributed by atoms with Gasteiger partial charge in [0.05, 0.1) is 6.54 Å². The fraction of sp³-hybridized carbons (Fsp3) is 0.444. The maximum atomic E-state index is 12.2. The van der Waals surface area contributed by atoms with E-state index in [2.05, 4.69) is 27.4 Å². The van der Waals surface area contributed by atoms with Gasteiger partial charge >= 0.3 is 6.03 Å². The normalized spacial score (nSPS) is 15.4. The van der Waals surface area contributed by atoms with Gasteiger partial charge in [0.1, 0.15) is 0 Å². The molecule has 0 bridgehead atoms. The van der Waals surface area contributed by atoms with E-state index in [1.54, 1.807) is 6.20 Å². The standard InChI is InChI=1S/C18H25N5O/c24-18(19-9-7-17-5-2-1-3-6-17)22-14-11-21(12-15-22)13-16-23-10-4-8-20-23/h1-6,8,10H,7,9,11-16H2,(H,19,24). The molecule has 6 heteroatoms. The molecule has 3 rings (SSSR count). The van der Waals surface area contributed by atoms with E-state index in [4.69, 9.17) is 0 Å². The van der Waals surface area contributed by atoms with Gasteiger partial charge in [-0.15, -0.1) is 0 Å². The van der Waals surface area contributed by atoms with Crippen molar-refractivity contribution in [3.63, 3.8) is 0 Å². The number of carbonyl (C=O) groups excluding carboxylic acids is 1. The summed E-state index contributed by atoms with van der Waals surface area (Å²) in [5.41, 5.74) is 1.25. The summed E-state index contributed by atoms with van der Waals surface area (Å²) in [6.07, 6.45) is 4.66. The zero-order valence-electron chi connectivity index (χ0n) is 14.0. The highest BCUT2D eigenvalue weighted by molar-refractivity contribution is 5.74. The molecular weight excluding hydrogens is 302 g/mol. The quantitative estimate of drug-likeness (QED) is 0.874. The lowest BCUT2D eigenvalue weighted by atomic mass is 10.1. The van der Waals surface area contributed by atoms with E-state index in [1.165, 1.54) is 5.56 Å². The average Bonchev–Trinajstić information content (AvgIpc) is 3.15. The SMILES string of the molecule is O=C(NCCc1ccccc1)N1CCN(CCn2cccn2)CC1. The minimum atomic E-state index is 0.0534. The van der Waals surface area contributed by atoms with Crippen LogP contribution in [0.15, 0.2) is 48.8 Å². The Morgan fingerprint density at radius 3 is 2.54 bits per heavy atom. The lowest BCUT2D eigenvalue weighted by Gasteiger charge is -2.34. The second kappa shape index (κ2) is 8.49. The van der Waals surface area contributed by atoms with Crippen LogP contribution < -0.4 is 5.32 Å². The Hall–Kier alpha value is -2.34. The van der Waals surface area contributed by atoms with E-state index in [1.807, 2.05) is 40.0 Å². The Labute approximate surface area is 143 Å². The summed E-state index contributed by atoms with van der Waals surface area (Å²) in [5.74, 6) is 0. The number of hydrogen-bond donors (Lipinski definition) is 1. The van der Waals surface area contributed by atoms with Crippen molar-refractivity contribution in [2.45, 2.75) is 13.0 Å². The van der Waals surface area contributed by atoms with Gasteiger partial charge in [0.15, 0.2) is 0 Å². The van der Waals surface area contributed by atoms with Crippen molar-refractivity contribution in [3.8, 4) is 0 Å². The minimum Gasteiger partial charge on any atom is -0.338 e. The minimum absolute atomic E-state index is 0.0534. The number of carbonyl (C=O) groups is 1. The number of benzene rings is 1. The molecule has 2 amide bonds. The topological polar surface area (TPSA) is 53.4 Å². The zero-order valence-corrected chi connectivity index (χ0v) is 14.0. The number of rotatable bonds is 6. The number of amides is 2. The van der Waals surface area contributed by atoms with Gasteiger partial charge in [-0.3, -0.25) is 9.58 Å². The first kappa shape index (κ1) is 16.5. The van der Waals surface area contributed by atoms with E-state index >= 15 is 0 Å². The Morgan fingerprint density at radius 1 is 1.04 bits per heavy atom. The van der Waals surface area contributed by atoms with E-state index in [0.717, 1.165) is 45.7 Å². The number of urea groups is 1. The van der Waals surface area contributed by atoms with Crippen LogP contribution >= 0.6 is 0 Å². The molecule has 0 saturated carbocycles. The predicted octanol–water partition coefficient (Wildman–Crippen LogP) is 1.45. The number of nitrogens with one attached hydrogen (secondary N) is 1. The lowest BCUT2D eigenvalue weighted by Crippen LogP contribution is -2.52. The van der Waals surface area contributed by atoms with Gasteiger partial charge in [0, 0.05) is 51.7 Å². The van der Waals surface area contributed by atoms with Crippen LogP contribution in [-0.4, -0.2) is 64.9 Å². The summed E-state index contributed by atoms with van der Waals surface area (Å²) in [6, 6.07) is 12.2. The molecule has 0 atom stereocenters. The van der Waals surface area contributed by atoms with E-state index in [9.17, 15) is 4.79 Å². The molecular formula is C18H25N5O. The molecule has 2 aromatic rings. The van der Waals surface area contributed by atoms with Gasteiger partial charge in [0.2, 0.25) is 0 Å². The van der Waals surface area contributed by atoms with Gasteiger partial charge in [0.25, 0.3) is 0 Å². The first-order valence-electron chi connectivity index (χ1n) is 8.58. The third-order valence-electron chi connectivity index (χ3n) is 4.40. The van der Waals surface area contributed by atoms with Crippen LogP contribution in [0, 0.1) is 0 Å². The molecule has 0 aliphatic carbocycles. The van der Waals surface area contributed by atoms with Crippen molar-refractivity contribution in [1.82, 2.24) is 24.9 Å². The van der Waals surface area contributed by atoms with Crippen LogP contribution in [0.1, 0.15) is 5.56 Å². The zero-order chi connectivity index (χ0) is 16.6. The molecule has 0 radical (unpaired) electrons. The molecule has 2 heterocycles. The second-order valence-electron chi connectivity index (χ2n) is 6.07. The molecule has 128 valence electrons. The highest BCUT2D eigenvalue weighted by atomic mass is 16.2. The summed E-state index contributed by atoms with van der Waals surface area (Å²) < 4.78 is 1.95. The van der Waals surface area contributed by atoms with Crippen LogP contribution in [0.25, 0.3) is 0 Å². The monoisotopic (exact) mass is 327 g/mol. The molecule has 1 N–H and O–H groups in total. The van der Waals surface area contributed by atoms with Crippen molar-refractivity contribution in [3.05, 3.63) is 54.4 Å². The van der Waals surface area contributed by atoms with E-state index < -0.39 is 0 Å². The molecule has 1 saturated heterocycles. The molecule has 0 spiro atoms. The summed E-state index contributed by atoms with van der Waals surface area (Å²) >= 11 is 0. The maximum absolute atomic E-state index is 12.2. The Kier molecular flexibility index (Phi) is 5.85. The fourth-order valence-electron chi connectivity index (χ4n) is 2.92. The third-order valence-corrected chi connectivity index (χ3v) is 4.40. The van der Waals surface area contributed by atoms with Crippen LogP contribution in [0.5, 0.6) is 0 Å².